The molecular formula is C20H28Cl2N2O2. The van der Waals surface area contributed by atoms with Gasteiger partial charge in [0.05, 0.1) is 0 Å². The van der Waals surface area contributed by atoms with E-state index in [0.717, 1.165) is 31.2 Å². The van der Waals surface area contributed by atoms with Gasteiger partial charge in [0.25, 0.3) is 0 Å². The molecule has 1 aromatic rings. The summed E-state index contributed by atoms with van der Waals surface area (Å²) in [5, 5.41) is 4.23. The molecule has 1 N–H and O–H groups in total. The lowest BCUT2D eigenvalue weighted by atomic mass is 9.93. The fourth-order valence-electron chi connectivity index (χ4n) is 3.45. The highest BCUT2D eigenvalue weighted by Gasteiger charge is 2.29. The maximum atomic E-state index is 12.4. The molecule has 1 aliphatic rings. The van der Waals surface area contributed by atoms with Crippen LogP contribution in [0.25, 0.3) is 0 Å². The zero-order chi connectivity index (χ0) is 19.1. The minimum atomic E-state index is -0.0126. The van der Waals surface area contributed by atoms with Crippen molar-refractivity contribution in [2.75, 3.05) is 19.6 Å². The first-order valence-electron chi connectivity index (χ1n) is 9.46. The molecule has 0 saturated carbocycles. The number of nitrogens with zero attached hydrogens (tertiary/aromatic N) is 1. The lowest BCUT2D eigenvalue weighted by Crippen LogP contribution is -2.45. The van der Waals surface area contributed by atoms with Crippen LogP contribution < -0.4 is 5.32 Å². The van der Waals surface area contributed by atoms with E-state index < -0.39 is 0 Å². The zero-order valence-electron chi connectivity index (χ0n) is 15.6. The van der Waals surface area contributed by atoms with Gasteiger partial charge in [0.15, 0.2) is 0 Å². The molecule has 2 amide bonds. The summed E-state index contributed by atoms with van der Waals surface area (Å²) in [6, 6.07) is 5.41. The lowest BCUT2D eigenvalue weighted by molar-refractivity contribution is -0.139. The molecule has 0 spiro atoms. The third-order valence-electron chi connectivity index (χ3n) is 5.22. The standard InChI is InChI=1S/C20H28Cl2N2O2/c1-3-14(4-2)20(26)24-11-8-16(9-12-24)19(25)23-10-7-15-5-6-17(21)13-18(15)22/h5-6,13-14,16H,3-4,7-12H2,1-2H3,(H,23,25). The van der Waals surface area contributed by atoms with Crippen molar-refractivity contribution in [1.82, 2.24) is 10.2 Å². The van der Waals surface area contributed by atoms with Crippen molar-refractivity contribution in [3.63, 3.8) is 0 Å². The van der Waals surface area contributed by atoms with Crippen LogP contribution in [0.5, 0.6) is 0 Å². The highest BCUT2D eigenvalue weighted by Crippen LogP contribution is 2.22. The van der Waals surface area contributed by atoms with Gasteiger partial charge in [0.2, 0.25) is 11.8 Å². The van der Waals surface area contributed by atoms with Crippen LogP contribution in [0, 0.1) is 11.8 Å². The van der Waals surface area contributed by atoms with Gasteiger partial charge in [-0.25, -0.2) is 0 Å². The maximum absolute atomic E-state index is 12.4. The average Bonchev–Trinajstić information content (AvgIpc) is 2.64. The number of rotatable bonds is 7. The average molecular weight is 399 g/mol. The molecule has 0 atom stereocenters. The second-order valence-electron chi connectivity index (χ2n) is 6.89. The number of benzene rings is 1. The molecule has 1 aromatic carbocycles. The number of hydrogen-bond donors (Lipinski definition) is 1. The molecule has 2 rings (SSSR count). The van der Waals surface area contributed by atoms with E-state index in [2.05, 4.69) is 19.2 Å². The van der Waals surface area contributed by atoms with Crippen molar-refractivity contribution in [3.8, 4) is 0 Å². The fraction of sp³-hybridized carbons (Fsp3) is 0.600. The third kappa shape index (κ3) is 5.62. The summed E-state index contributed by atoms with van der Waals surface area (Å²) in [5.74, 6) is 0.418. The Hall–Kier alpha value is -1.26. The molecule has 0 aromatic heterocycles. The smallest absolute Gasteiger partial charge is 0.225 e. The van der Waals surface area contributed by atoms with E-state index >= 15 is 0 Å². The predicted molar refractivity (Wildman–Crippen MR) is 107 cm³/mol. The normalized spacial score (nSPS) is 15.3. The van der Waals surface area contributed by atoms with Crippen LogP contribution in [0.15, 0.2) is 18.2 Å². The summed E-state index contributed by atoms with van der Waals surface area (Å²) in [6.07, 6.45) is 3.90. The molecule has 1 saturated heterocycles. The summed E-state index contributed by atoms with van der Waals surface area (Å²) < 4.78 is 0. The van der Waals surface area contributed by atoms with Crippen LogP contribution in [0.3, 0.4) is 0 Å². The van der Waals surface area contributed by atoms with Gasteiger partial charge >= 0.3 is 0 Å². The minimum Gasteiger partial charge on any atom is -0.356 e. The Bertz CT molecular complexity index is 624. The number of carbonyl (C=O) groups is 2. The Morgan fingerprint density at radius 3 is 2.42 bits per heavy atom. The third-order valence-corrected chi connectivity index (χ3v) is 5.81. The molecule has 1 heterocycles. The number of carbonyl (C=O) groups excluding carboxylic acids is 2. The van der Waals surface area contributed by atoms with E-state index in [4.69, 9.17) is 23.2 Å². The molecule has 0 unspecified atom stereocenters. The number of amides is 2. The van der Waals surface area contributed by atoms with Crippen LogP contribution in [-0.4, -0.2) is 36.3 Å². The van der Waals surface area contributed by atoms with Gasteiger partial charge in [0, 0.05) is 41.5 Å². The molecule has 0 radical (unpaired) electrons. The predicted octanol–water partition coefficient (Wildman–Crippen LogP) is 4.33. The topological polar surface area (TPSA) is 49.4 Å². The summed E-state index contributed by atoms with van der Waals surface area (Å²) in [4.78, 5) is 26.7. The summed E-state index contributed by atoms with van der Waals surface area (Å²) >= 11 is 12.0. The molecule has 1 aliphatic heterocycles. The van der Waals surface area contributed by atoms with Gasteiger partial charge in [0.1, 0.15) is 0 Å². The SMILES string of the molecule is CCC(CC)C(=O)N1CCC(C(=O)NCCc2ccc(Cl)cc2Cl)CC1. The maximum Gasteiger partial charge on any atom is 0.225 e. The Morgan fingerprint density at radius 2 is 1.85 bits per heavy atom. The second-order valence-corrected chi connectivity index (χ2v) is 7.73. The first-order valence-corrected chi connectivity index (χ1v) is 10.2. The molecule has 0 bridgehead atoms. The lowest BCUT2D eigenvalue weighted by Gasteiger charge is -2.33. The zero-order valence-corrected chi connectivity index (χ0v) is 17.1. The number of nitrogens with one attached hydrogen (secondary N) is 1. The number of piperidine rings is 1. The number of hydrogen-bond acceptors (Lipinski definition) is 2. The number of halogens is 2. The quantitative estimate of drug-likeness (QED) is 0.742. The second kappa shape index (κ2) is 10.2. The first kappa shape index (κ1) is 21.0. The summed E-state index contributed by atoms with van der Waals surface area (Å²) in [6.45, 7) is 6.01. The van der Waals surface area contributed by atoms with Gasteiger partial charge < -0.3 is 10.2 Å². The first-order chi connectivity index (χ1) is 12.5. The Kier molecular flexibility index (Phi) is 8.23. The van der Waals surface area contributed by atoms with Gasteiger partial charge in [-0.1, -0.05) is 43.1 Å². The van der Waals surface area contributed by atoms with Crippen molar-refractivity contribution in [3.05, 3.63) is 33.8 Å². The summed E-state index contributed by atoms with van der Waals surface area (Å²) in [7, 11) is 0. The Balaban J connectivity index is 1.75. The molecular weight excluding hydrogens is 371 g/mol. The molecule has 4 nitrogen and oxygen atoms in total. The van der Waals surface area contributed by atoms with Gasteiger partial charge in [-0.15, -0.1) is 0 Å². The van der Waals surface area contributed by atoms with Crippen molar-refractivity contribution >= 4 is 35.0 Å². The molecule has 0 aliphatic carbocycles. The fourth-order valence-corrected chi connectivity index (χ4v) is 3.95. The minimum absolute atomic E-state index is 0.0126. The highest BCUT2D eigenvalue weighted by atomic mass is 35.5. The highest BCUT2D eigenvalue weighted by molar-refractivity contribution is 6.35. The Labute approximate surface area is 166 Å². The van der Waals surface area contributed by atoms with Crippen LogP contribution >= 0.6 is 23.2 Å². The van der Waals surface area contributed by atoms with E-state index in [1.165, 1.54) is 0 Å². The van der Waals surface area contributed by atoms with Gasteiger partial charge in [-0.2, -0.15) is 0 Å². The van der Waals surface area contributed by atoms with E-state index in [0.29, 0.717) is 36.1 Å². The van der Waals surface area contributed by atoms with E-state index in [1.807, 2.05) is 11.0 Å². The van der Waals surface area contributed by atoms with Crippen LogP contribution in [0.2, 0.25) is 10.0 Å². The molecule has 144 valence electrons. The molecule has 1 fully saturated rings. The largest absolute Gasteiger partial charge is 0.356 e. The van der Waals surface area contributed by atoms with E-state index in [1.54, 1.807) is 12.1 Å². The summed E-state index contributed by atoms with van der Waals surface area (Å²) in [5.41, 5.74) is 0.974. The number of likely N-dealkylation sites (tertiary alicyclic amines) is 1. The van der Waals surface area contributed by atoms with E-state index in [-0.39, 0.29) is 23.7 Å². The van der Waals surface area contributed by atoms with Gasteiger partial charge in [-0.05, 0) is 49.8 Å². The van der Waals surface area contributed by atoms with Crippen molar-refractivity contribution in [2.24, 2.45) is 11.8 Å². The van der Waals surface area contributed by atoms with Gasteiger partial charge in [-0.3, -0.25) is 9.59 Å². The van der Waals surface area contributed by atoms with Crippen LogP contribution in [0.4, 0.5) is 0 Å². The van der Waals surface area contributed by atoms with Crippen LogP contribution in [-0.2, 0) is 16.0 Å². The van der Waals surface area contributed by atoms with Crippen molar-refractivity contribution in [1.29, 1.82) is 0 Å². The van der Waals surface area contributed by atoms with Crippen LogP contribution in [0.1, 0.15) is 45.1 Å². The monoisotopic (exact) mass is 398 g/mol. The van der Waals surface area contributed by atoms with Crippen molar-refractivity contribution < 1.29 is 9.59 Å². The van der Waals surface area contributed by atoms with Crippen molar-refractivity contribution in [2.45, 2.75) is 46.0 Å². The van der Waals surface area contributed by atoms with E-state index in [9.17, 15) is 9.59 Å². The Morgan fingerprint density at radius 1 is 1.19 bits per heavy atom. The molecule has 26 heavy (non-hydrogen) atoms. The molecule has 6 heteroatoms.